The number of rotatable bonds is 6. The minimum Gasteiger partial charge on any atom is -0.506 e. The monoisotopic (exact) mass is 286 g/mol. The molecule has 0 fully saturated rings. The van der Waals surface area contributed by atoms with Gasteiger partial charge in [-0.15, -0.1) is 0 Å². The van der Waals surface area contributed by atoms with Gasteiger partial charge >= 0.3 is 0 Å². The van der Waals surface area contributed by atoms with Crippen molar-refractivity contribution in [2.75, 3.05) is 6.61 Å². The van der Waals surface area contributed by atoms with E-state index in [9.17, 15) is 5.11 Å². The molecular formula is C17H22N2O2. The van der Waals surface area contributed by atoms with Gasteiger partial charge in [-0.25, -0.2) is 0 Å². The number of aryl methyl sites for hydroxylation is 1. The van der Waals surface area contributed by atoms with Crippen molar-refractivity contribution >= 4 is 0 Å². The molecule has 0 aliphatic rings. The highest BCUT2D eigenvalue weighted by Crippen LogP contribution is 2.19. The second-order valence-corrected chi connectivity index (χ2v) is 5.02. The third-order valence-corrected chi connectivity index (χ3v) is 3.36. The van der Waals surface area contributed by atoms with Gasteiger partial charge < -0.3 is 15.2 Å². The maximum Gasteiger partial charge on any atom is 0.138 e. The van der Waals surface area contributed by atoms with E-state index < -0.39 is 0 Å². The summed E-state index contributed by atoms with van der Waals surface area (Å²) < 4.78 is 5.44. The van der Waals surface area contributed by atoms with Gasteiger partial charge in [0.25, 0.3) is 0 Å². The molecule has 4 heteroatoms. The molecule has 1 unspecified atom stereocenters. The Morgan fingerprint density at radius 3 is 2.57 bits per heavy atom. The van der Waals surface area contributed by atoms with E-state index in [1.54, 1.807) is 12.1 Å². The molecule has 4 nitrogen and oxygen atoms in total. The quantitative estimate of drug-likeness (QED) is 0.855. The lowest BCUT2D eigenvalue weighted by Gasteiger charge is -2.15. The topological polar surface area (TPSA) is 54.4 Å². The smallest absolute Gasteiger partial charge is 0.138 e. The SMILES string of the molecule is CCOc1ccc(C(C)NCc2nc(C)ccc2O)cc1. The standard InChI is InChI=1S/C17H22N2O2/c1-4-21-15-8-6-14(7-9-15)13(3)18-11-16-17(20)10-5-12(2)19-16/h5-10,13,18,20H,4,11H2,1-3H3. The van der Waals surface area contributed by atoms with Crippen molar-refractivity contribution in [2.24, 2.45) is 0 Å². The van der Waals surface area contributed by atoms with Crippen LogP contribution >= 0.6 is 0 Å². The summed E-state index contributed by atoms with van der Waals surface area (Å²) in [5, 5.41) is 13.2. The van der Waals surface area contributed by atoms with Crippen LogP contribution in [0.25, 0.3) is 0 Å². The van der Waals surface area contributed by atoms with Crippen molar-refractivity contribution in [1.29, 1.82) is 0 Å². The van der Waals surface area contributed by atoms with Crippen molar-refractivity contribution in [3.05, 3.63) is 53.3 Å². The van der Waals surface area contributed by atoms with Crippen LogP contribution in [0.3, 0.4) is 0 Å². The molecule has 1 aromatic carbocycles. The number of aromatic hydroxyl groups is 1. The van der Waals surface area contributed by atoms with Gasteiger partial charge in [0.2, 0.25) is 0 Å². The summed E-state index contributed by atoms with van der Waals surface area (Å²) in [7, 11) is 0. The number of nitrogens with one attached hydrogen (secondary N) is 1. The van der Waals surface area contributed by atoms with E-state index in [2.05, 4.69) is 17.2 Å². The fourth-order valence-corrected chi connectivity index (χ4v) is 2.12. The Morgan fingerprint density at radius 1 is 1.19 bits per heavy atom. The van der Waals surface area contributed by atoms with Crippen LogP contribution in [-0.2, 0) is 6.54 Å². The first kappa shape index (κ1) is 15.3. The van der Waals surface area contributed by atoms with Gasteiger partial charge in [-0.3, -0.25) is 4.98 Å². The first-order chi connectivity index (χ1) is 10.1. The summed E-state index contributed by atoms with van der Waals surface area (Å²) in [6, 6.07) is 11.7. The van der Waals surface area contributed by atoms with Gasteiger partial charge in [-0.1, -0.05) is 12.1 Å². The van der Waals surface area contributed by atoms with E-state index in [1.807, 2.05) is 38.1 Å². The predicted octanol–water partition coefficient (Wildman–Crippen LogP) is 3.35. The molecule has 21 heavy (non-hydrogen) atoms. The largest absolute Gasteiger partial charge is 0.506 e. The third kappa shape index (κ3) is 4.20. The third-order valence-electron chi connectivity index (χ3n) is 3.36. The Hall–Kier alpha value is -2.07. The summed E-state index contributed by atoms with van der Waals surface area (Å²) in [4.78, 5) is 4.34. The molecule has 0 radical (unpaired) electrons. The lowest BCUT2D eigenvalue weighted by atomic mass is 10.1. The van der Waals surface area contributed by atoms with E-state index >= 15 is 0 Å². The number of nitrogens with zero attached hydrogens (tertiary/aromatic N) is 1. The molecule has 0 bridgehead atoms. The molecule has 2 aromatic rings. The maximum atomic E-state index is 9.79. The Bertz CT molecular complexity index is 582. The number of benzene rings is 1. The fourth-order valence-electron chi connectivity index (χ4n) is 2.12. The lowest BCUT2D eigenvalue weighted by molar-refractivity contribution is 0.340. The van der Waals surface area contributed by atoms with Crippen LogP contribution < -0.4 is 10.1 Å². The molecule has 2 rings (SSSR count). The molecule has 0 amide bonds. The van der Waals surface area contributed by atoms with Crippen molar-refractivity contribution in [3.8, 4) is 11.5 Å². The summed E-state index contributed by atoms with van der Waals surface area (Å²) in [6.07, 6.45) is 0. The zero-order valence-electron chi connectivity index (χ0n) is 12.8. The van der Waals surface area contributed by atoms with E-state index in [0.29, 0.717) is 18.8 Å². The van der Waals surface area contributed by atoms with Crippen molar-refractivity contribution in [3.63, 3.8) is 0 Å². The first-order valence-corrected chi connectivity index (χ1v) is 7.21. The summed E-state index contributed by atoms with van der Waals surface area (Å²) in [5.41, 5.74) is 2.75. The van der Waals surface area contributed by atoms with Crippen LogP contribution in [0.2, 0.25) is 0 Å². The number of pyridine rings is 1. The molecule has 0 aliphatic heterocycles. The van der Waals surface area contributed by atoms with Gasteiger partial charge in [-0.05, 0) is 50.6 Å². The average Bonchev–Trinajstić information content (AvgIpc) is 2.49. The summed E-state index contributed by atoms with van der Waals surface area (Å²) in [5.74, 6) is 1.11. The van der Waals surface area contributed by atoms with Crippen LogP contribution in [0.5, 0.6) is 11.5 Å². The minimum atomic E-state index is 0.169. The van der Waals surface area contributed by atoms with Crippen molar-refractivity contribution in [2.45, 2.75) is 33.4 Å². The Morgan fingerprint density at radius 2 is 1.90 bits per heavy atom. The lowest BCUT2D eigenvalue weighted by Crippen LogP contribution is -2.19. The second-order valence-electron chi connectivity index (χ2n) is 5.02. The number of hydrogen-bond acceptors (Lipinski definition) is 4. The van der Waals surface area contributed by atoms with Crippen molar-refractivity contribution < 1.29 is 9.84 Å². The van der Waals surface area contributed by atoms with Crippen LogP contribution in [-0.4, -0.2) is 16.7 Å². The van der Waals surface area contributed by atoms with Gasteiger partial charge in [0.1, 0.15) is 11.5 Å². The molecule has 1 heterocycles. The van der Waals surface area contributed by atoms with Gasteiger partial charge in [-0.2, -0.15) is 0 Å². The Balaban J connectivity index is 1.97. The fraction of sp³-hybridized carbons (Fsp3) is 0.353. The van der Waals surface area contributed by atoms with Gasteiger partial charge in [0.05, 0.1) is 12.3 Å². The zero-order valence-corrected chi connectivity index (χ0v) is 12.8. The molecule has 0 aliphatic carbocycles. The maximum absolute atomic E-state index is 9.79. The van der Waals surface area contributed by atoms with E-state index in [0.717, 1.165) is 11.4 Å². The highest BCUT2D eigenvalue weighted by molar-refractivity contribution is 5.30. The Labute approximate surface area is 125 Å². The predicted molar refractivity (Wildman–Crippen MR) is 83.5 cm³/mol. The molecule has 1 atom stereocenters. The van der Waals surface area contributed by atoms with E-state index in [4.69, 9.17) is 4.74 Å². The van der Waals surface area contributed by atoms with Crippen LogP contribution in [0.15, 0.2) is 36.4 Å². The highest BCUT2D eigenvalue weighted by atomic mass is 16.5. The Kier molecular flexibility index (Phi) is 5.17. The minimum absolute atomic E-state index is 0.169. The number of hydrogen-bond donors (Lipinski definition) is 2. The number of aromatic nitrogens is 1. The van der Waals surface area contributed by atoms with Crippen molar-refractivity contribution in [1.82, 2.24) is 10.3 Å². The first-order valence-electron chi connectivity index (χ1n) is 7.21. The molecular weight excluding hydrogens is 264 g/mol. The summed E-state index contributed by atoms with van der Waals surface area (Å²) >= 11 is 0. The molecule has 1 aromatic heterocycles. The van der Waals surface area contributed by atoms with E-state index in [1.165, 1.54) is 5.56 Å². The van der Waals surface area contributed by atoms with Crippen LogP contribution in [0, 0.1) is 6.92 Å². The number of ether oxygens (including phenoxy) is 1. The van der Waals surface area contributed by atoms with Crippen LogP contribution in [0.1, 0.15) is 36.8 Å². The second kappa shape index (κ2) is 7.09. The molecule has 112 valence electrons. The molecule has 0 saturated heterocycles. The molecule has 0 spiro atoms. The average molecular weight is 286 g/mol. The van der Waals surface area contributed by atoms with E-state index in [-0.39, 0.29) is 11.8 Å². The molecule has 0 saturated carbocycles. The zero-order chi connectivity index (χ0) is 15.2. The molecule has 2 N–H and O–H groups in total. The van der Waals surface area contributed by atoms with Gasteiger partial charge in [0.15, 0.2) is 0 Å². The normalized spacial score (nSPS) is 12.1. The summed E-state index contributed by atoms with van der Waals surface area (Å²) in [6.45, 7) is 7.17. The highest BCUT2D eigenvalue weighted by Gasteiger charge is 2.08. The van der Waals surface area contributed by atoms with Crippen LogP contribution in [0.4, 0.5) is 0 Å². The van der Waals surface area contributed by atoms with Gasteiger partial charge in [0, 0.05) is 18.3 Å².